The molecule has 0 aromatic rings. The molecule has 0 saturated carbocycles. The van der Waals surface area contributed by atoms with E-state index in [0.29, 0.717) is 6.61 Å². The van der Waals surface area contributed by atoms with Gasteiger partial charge in [-0.05, 0) is 12.8 Å². The Labute approximate surface area is 78.9 Å². The molecule has 1 N–H and O–H groups in total. The molecule has 4 heteroatoms. The van der Waals surface area contributed by atoms with Crippen LogP contribution in [0.2, 0.25) is 0 Å². The van der Waals surface area contributed by atoms with E-state index in [4.69, 9.17) is 5.11 Å². The molecule has 4 nitrogen and oxygen atoms in total. The van der Waals surface area contributed by atoms with Crippen molar-refractivity contribution in [3.8, 4) is 0 Å². The summed E-state index contributed by atoms with van der Waals surface area (Å²) in [6.07, 6.45) is 0.278. The molecule has 0 aliphatic rings. The van der Waals surface area contributed by atoms with Gasteiger partial charge >= 0.3 is 11.9 Å². The fourth-order valence-corrected chi connectivity index (χ4v) is 0.553. The van der Waals surface area contributed by atoms with Crippen molar-refractivity contribution in [1.29, 1.82) is 0 Å². The number of esters is 1. The molecule has 13 heavy (non-hydrogen) atoms. The second-order valence-corrected chi connectivity index (χ2v) is 2.92. The zero-order valence-electron chi connectivity index (χ0n) is 8.66. The number of hydrogen-bond acceptors (Lipinski definition) is 3. The largest absolute Gasteiger partial charge is 0.481 e. The van der Waals surface area contributed by atoms with Gasteiger partial charge in [-0.25, -0.2) is 0 Å². The van der Waals surface area contributed by atoms with Gasteiger partial charge in [0, 0.05) is 13.3 Å². The summed E-state index contributed by atoms with van der Waals surface area (Å²) >= 11 is 0. The molecule has 0 radical (unpaired) electrons. The highest BCUT2D eigenvalue weighted by Gasteiger charge is 1.98. The zero-order chi connectivity index (χ0) is 10.9. The van der Waals surface area contributed by atoms with Gasteiger partial charge in [0.05, 0.1) is 6.61 Å². The highest BCUT2D eigenvalue weighted by Crippen LogP contribution is 1.96. The van der Waals surface area contributed by atoms with Crippen molar-refractivity contribution in [1.82, 2.24) is 0 Å². The molecule has 0 heterocycles. The molecule has 0 rings (SSSR count). The van der Waals surface area contributed by atoms with E-state index in [9.17, 15) is 9.59 Å². The van der Waals surface area contributed by atoms with Crippen LogP contribution >= 0.6 is 0 Å². The maximum atomic E-state index is 9.82. The van der Waals surface area contributed by atoms with E-state index >= 15 is 0 Å². The number of carbonyl (C=O) groups is 2. The lowest BCUT2D eigenvalue weighted by molar-refractivity contribution is -0.140. The van der Waals surface area contributed by atoms with E-state index in [0.717, 1.165) is 0 Å². The van der Waals surface area contributed by atoms with Crippen molar-refractivity contribution in [3.05, 3.63) is 0 Å². The fourth-order valence-electron chi connectivity index (χ4n) is 0.553. The van der Waals surface area contributed by atoms with Gasteiger partial charge < -0.3 is 9.84 Å². The standard InChI is InChI=1S/C5H10O2.C4H8O2/c1-4(2)3-5(6)7;1-3-6-4(2)5/h4H,3H2,1-2H3,(H,6,7);3H2,1-2H3. The first kappa shape index (κ1) is 14.5. The van der Waals surface area contributed by atoms with E-state index in [2.05, 4.69) is 4.74 Å². The number of carbonyl (C=O) groups excluding carboxylic acids is 1. The first-order valence-electron chi connectivity index (χ1n) is 4.25. The van der Waals surface area contributed by atoms with Crippen LogP contribution in [0.25, 0.3) is 0 Å². The smallest absolute Gasteiger partial charge is 0.303 e. The molecule has 0 aliphatic heterocycles. The Hall–Kier alpha value is -1.06. The molecule has 0 saturated heterocycles. The van der Waals surface area contributed by atoms with Gasteiger partial charge in [-0.2, -0.15) is 0 Å². The van der Waals surface area contributed by atoms with E-state index in [1.165, 1.54) is 6.92 Å². The molecule has 0 fully saturated rings. The minimum Gasteiger partial charge on any atom is -0.481 e. The van der Waals surface area contributed by atoms with E-state index in [-0.39, 0.29) is 18.3 Å². The summed E-state index contributed by atoms with van der Waals surface area (Å²) in [4.78, 5) is 19.6. The van der Waals surface area contributed by atoms with Crippen molar-refractivity contribution in [2.24, 2.45) is 5.92 Å². The van der Waals surface area contributed by atoms with E-state index < -0.39 is 5.97 Å². The number of hydrogen-bond donors (Lipinski definition) is 1. The van der Waals surface area contributed by atoms with Crippen molar-refractivity contribution in [3.63, 3.8) is 0 Å². The maximum Gasteiger partial charge on any atom is 0.303 e. The van der Waals surface area contributed by atoms with Gasteiger partial charge in [0.2, 0.25) is 0 Å². The molecule has 0 bridgehead atoms. The Morgan fingerprint density at radius 2 is 1.85 bits per heavy atom. The summed E-state index contributed by atoms with van der Waals surface area (Å²) < 4.78 is 4.40. The van der Waals surface area contributed by atoms with Gasteiger partial charge in [-0.15, -0.1) is 0 Å². The van der Waals surface area contributed by atoms with Crippen LogP contribution in [0.5, 0.6) is 0 Å². The Bertz CT molecular complexity index is 152. The second kappa shape index (κ2) is 9.03. The van der Waals surface area contributed by atoms with Crippen molar-refractivity contribution in [2.45, 2.75) is 34.1 Å². The predicted octanol–water partition coefficient (Wildman–Crippen LogP) is 1.69. The minimum atomic E-state index is -0.713. The summed E-state index contributed by atoms with van der Waals surface area (Å²) in [5.41, 5.74) is 0. The molecule has 0 unspecified atom stereocenters. The molecular formula is C9H18O4. The molecule has 0 amide bonds. The molecule has 0 spiro atoms. The number of ether oxygens (including phenoxy) is 1. The number of aliphatic carboxylic acids is 1. The van der Waals surface area contributed by atoms with Crippen LogP contribution in [-0.4, -0.2) is 23.7 Å². The monoisotopic (exact) mass is 190 g/mol. The quantitative estimate of drug-likeness (QED) is 0.688. The summed E-state index contributed by atoms with van der Waals surface area (Å²) in [6.45, 7) is 7.42. The SMILES string of the molecule is CC(C)CC(=O)O.CCOC(C)=O. The van der Waals surface area contributed by atoms with Crippen LogP contribution in [0.15, 0.2) is 0 Å². The van der Waals surface area contributed by atoms with Crippen LogP contribution in [0.1, 0.15) is 34.1 Å². The van der Waals surface area contributed by atoms with Crippen LogP contribution in [-0.2, 0) is 14.3 Å². The van der Waals surface area contributed by atoms with Gasteiger partial charge in [0.1, 0.15) is 0 Å². The fraction of sp³-hybridized carbons (Fsp3) is 0.778. The highest BCUT2D eigenvalue weighted by atomic mass is 16.5. The van der Waals surface area contributed by atoms with E-state index in [1.54, 1.807) is 6.92 Å². The van der Waals surface area contributed by atoms with Crippen molar-refractivity contribution >= 4 is 11.9 Å². The van der Waals surface area contributed by atoms with Gasteiger partial charge in [-0.3, -0.25) is 9.59 Å². The van der Waals surface area contributed by atoms with Crippen LogP contribution in [0.3, 0.4) is 0 Å². The van der Waals surface area contributed by atoms with Crippen LogP contribution in [0.4, 0.5) is 0 Å². The van der Waals surface area contributed by atoms with Crippen molar-refractivity contribution in [2.75, 3.05) is 6.61 Å². The normalized spacial score (nSPS) is 8.69. The lowest BCUT2D eigenvalue weighted by Crippen LogP contribution is -1.99. The summed E-state index contributed by atoms with van der Waals surface area (Å²) in [6, 6.07) is 0. The number of rotatable bonds is 3. The van der Waals surface area contributed by atoms with Gasteiger partial charge in [0.15, 0.2) is 0 Å². The van der Waals surface area contributed by atoms with Crippen LogP contribution < -0.4 is 0 Å². The molecular weight excluding hydrogens is 172 g/mol. The molecule has 0 aromatic heterocycles. The first-order chi connectivity index (χ1) is 5.90. The number of carboxylic acid groups (broad SMARTS) is 1. The molecule has 0 atom stereocenters. The average molecular weight is 190 g/mol. The summed E-state index contributed by atoms with van der Waals surface area (Å²) in [5.74, 6) is -0.648. The molecule has 0 aliphatic carbocycles. The number of carboxylic acids is 1. The lowest BCUT2D eigenvalue weighted by atomic mass is 10.1. The zero-order valence-corrected chi connectivity index (χ0v) is 8.66. The Balaban J connectivity index is 0. The highest BCUT2D eigenvalue weighted by molar-refractivity contribution is 5.66. The third-order valence-electron chi connectivity index (χ3n) is 0.930. The Morgan fingerprint density at radius 1 is 1.38 bits per heavy atom. The second-order valence-electron chi connectivity index (χ2n) is 2.92. The Kier molecular flexibility index (Phi) is 10.0. The Morgan fingerprint density at radius 3 is 1.85 bits per heavy atom. The molecule has 78 valence electrons. The van der Waals surface area contributed by atoms with Gasteiger partial charge in [0.25, 0.3) is 0 Å². The first-order valence-corrected chi connectivity index (χ1v) is 4.25. The lowest BCUT2D eigenvalue weighted by Gasteiger charge is -1.94. The van der Waals surface area contributed by atoms with Crippen molar-refractivity contribution < 1.29 is 19.4 Å². The van der Waals surface area contributed by atoms with Gasteiger partial charge in [-0.1, -0.05) is 13.8 Å². The average Bonchev–Trinajstić information content (AvgIpc) is 1.83. The van der Waals surface area contributed by atoms with Crippen LogP contribution in [0, 0.1) is 5.92 Å². The third kappa shape index (κ3) is 24.8. The van der Waals surface area contributed by atoms with E-state index in [1.807, 2.05) is 13.8 Å². The topological polar surface area (TPSA) is 63.6 Å². The summed E-state index contributed by atoms with van der Waals surface area (Å²) in [7, 11) is 0. The minimum absolute atomic E-state index is 0.211. The summed E-state index contributed by atoms with van der Waals surface area (Å²) in [5, 5.41) is 8.08. The molecule has 0 aromatic carbocycles. The third-order valence-corrected chi connectivity index (χ3v) is 0.930. The maximum absolute atomic E-state index is 9.82. The predicted molar refractivity (Wildman–Crippen MR) is 49.4 cm³/mol.